The average Bonchev–Trinajstić information content (AvgIpc) is 3.12. The van der Waals surface area contributed by atoms with Crippen LogP contribution in [-0.4, -0.2) is 50.7 Å². The first kappa shape index (κ1) is 24.9. The highest BCUT2D eigenvalue weighted by Crippen LogP contribution is 2.43. The normalized spacial score (nSPS) is 15.1. The lowest BCUT2D eigenvalue weighted by Crippen LogP contribution is -2.43. The van der Waals surface area contributed by atoms with Crippen molar-refractivity contribution in [3.63, 3.8) is 0 Å². The van der Waals surface area contributed by atoms with Crippen LogP contribution >= 0.6 is 34.8 Å². The zero-order valence-corrected chi connectivity index (χ0v) is 20.1. The molecule has 182 valence electrons. The lowest BCUT2D eigenvalue weighted by atomic mass is 10.1. The van der Waals surface area contributed by atoms with Crippen molar-refractivity contribution in [2.45, 2.75) is 11.1 Å². The lowest BCUT2D eigenvalue weighted by Gasteiger charge is -2.31. The van der Waals surface area contributed by atoms with Crippen LogP contribution in [0.3, 0.4) is 0 Å². The smallest absolute Gasteiger partial charge is 0.417 e. The molecule has 1 aromatic heterocycles. The summed E-state index contributed by atoms with van der Waals surface area (Å²) in [5, 5.41) is 3.31. The van der Waals surface area contributed by atoms with Gasteiger partial charge in [0.1, 0.15) is 0 Å². The Labute approximate surface area is 207 Å². The van der Waals surface area contributed by atoms with Crippen LogP contribution in [0.1, 0.15) is 0 Å². The first-order valence-corrected chi connectivity index (χ1v) is 12.3. The third kappa shape index (κ3) is 4.67. The molecule has 7 nitrogen and oxygen atoms in total. The number of hydrogen-bond donors (Lipinski definition) is 1. The third-order valence-corrected chi connectivity index (χ3v) is 7.48. The van der Waals surface area contributed by atoms with E-state index in [2.05, 4.69) is 10.1 Å². The average molecular weight is 557 g/mol. The summed E-state index contributed by atoms with van der Waals surface area (Å²) < 4.78 is 71.2. The Morgan fingerprint density at radius 1 is 1.03 bits per heavy atom. The number of halogens is 6. The summed E-state index contributed by atoms with van der Waals surface area (Å²) in [6.07, 6.45) is -4.50. The van der Waals surface area contributed by atoms with Crippen molar-refractivity contribution in [3.8, 4) is 5.75 Å². The van der Waals surface area contributed by atoms with Crippen LogP contribution in [0.15, 0.2) is 41.4 Å². The molecule has 1 aliphatic heterocycles. The molecule has 2 aromatic carbocycles. The van der Waals surface area contributed by atoms with Crippen molar-refractivity contribution in [1.29, 1.82) is 0 Å². The molecule has 0 unspecified atom stereocenters. The topological polar surface area (TPSA) is 80.6 Å². The highest BCUT2D eigenvalue weighted by molar-refractivity contribution is 7.90. The predicted octanol–water partition coefficient (Wildman–Crippen LogP) is 4.72. The fourth-order valence-corrected chi connectivity index (χ4v) is 6.00. The lowest BCUT2D eigenvalue weighted by molar-refractivity contribution is -0.189. The molecule has 1 N–H and O–H groups in total. The molecule has 34 heavy (non-hydrogen) atoms. The molecule has 2 heterocycles. The molecule has 0 radical (unpaired) electrons. The van der Waals surface area contributed by atoms with Gasteiger partial charge in [0, 0.05) is 36.2 Å². The summed E-state index contributed by atoms with van der Waals surface area (Å²) in [6, 6.07) is 6.35. The maximum Gasteiger partial charge on any atom is 0.491 e. The van der Waals surface area contributed by atoms with Crippen molar-refractivity contribution in [3.05, 3.63) is 51.6 Å². The van der Waals surface area contributed by atoms with E-state index in [4.69, 9.17) is 34.8 Å². The van der Waals surface area contributed by atoms with Gasteiger partial charge in [-0.2, -0.15) is 13.2 Å². The van der Waals surface area contributed by atoms with Gasteiger partial charge in [0.05, 0.1) is 32.7 Å². The van der Waals surface area contributed by atoms with Crippen molar-refractivity contribution >= 4 is 67.4 Å². The van der Waals surface area contributed by atoms with Gasteiger partial charge in [0.25, 0.3) is 10.0 Å². The predicted molar refractivity (Wildman–Crippen MR) is 123 cm³/mol. The third-order valence-electron chi connectivity index (χ3n) is 5.09. The van der Waals surface area contributed by atoms with Crippen molar-refractivity contribution in [2.75, 3.05) is 31.1 Å². The van der Waals surface area contributed by atoms with Crippen LogP contribution in [-0.2, 0) is 14.8 Å². The molecular formula is C20H15Cl3F3N3O4S. The fraction of sp³-hybridized carbons (Fsp3) is 0.250. The number of fused-ring (bicyclic) bond motifs is 1. The molecule has 0 saturated carbocycles. The number of rotatable bonds is 4. The Kier molecular flexibility index (Phi) is 6.69. The summed E-state index contributed by atoms with van der Waals surface area (Å²) in [6.45, 7) is 2.00. The first-order valence-electron chi connectivity index (χ1n) is 9.69. The minimum absolute atomic E-state index is 0.0378. The number of aromatic nitrogens is 1. The van der Waals surface area contributed by atoms with E-state index in [9.17, 15) is 26.4 Å². The SMILES string of the molecule is O=C(Oc1cn(S(=O)(=O)c2cc(Cl)cc(Cl)c2)c2ccc(Cl)c(N3CCNCC3)c12)C(F)(F)F. The number of benzene rings is 2. The van der Waals surface area contributed by atoms with E-state index in [1.54, 1.807) is 4.90 Å². The summed E-state index contributed by atoms with van der Waals surface area (Å²) in [5.41, 5.74) is 0.211. The number of ether oxygens (including phenoxy) is 1. The molecule has 1 aliphatic rings. The Morgan fingerprint density at radius 2 is 1.65 bits per heavy atom. The summed E-state index contributed by atoms with van der Waals surface area (Å²) >= 11 is 18.3. The van der Waals surface area contributed by atoms with Crippen molar-refractivity contribution in [2.24, 2.45) is 0 Å². The van der Waals surface area contributed by atoms with E-state index in [1.165, 1.54) is 18.2 Å². The van der Waals surface area contributed by atoms with Gasteiger partial charge in [0.2, 0.25) is 0 Å². The molecule has 0 atom stereocenters. The number of carbonyl (C=O) groups excluding carboxylic acids is 1. The summed E-state index contributed by atoms with van der Waals surface area (Å²) in [7, 11) is -4.42. The molecule has 0 bridgehead atoms. The molecule has 0 aliphatic carbocycles. The molecule has 4 rings (SSSR count). The van der Waals surface area contributed by atoms with Crippen molar-refractivity contribution < 1.29 is 31.1 Å². The Bertz CT molecular complexity index is 1370. The highest BCUT2D eigenvalue weighted by Gasteiger charge is 2.42. The number of nitrogens with one attached hydrogen (secondary N) is 1. The number of alkyl halides is 3. The van der Waals surface area contributed by atoms with Crippen LogP contribution in [0.5, 0.6) is 5.75 Å². The second-order valence-corrected chi connectivity index (χ2v) is 10.4. The Morgan fingerprint density at radius 3 is 2.24 bits per heavy atom. The van der Waals surface area contributed by atoms with E-state index in [-0.39, 0.29) is 36.6 Å². The number of carbonyl (C=O) groups is 1. The van der Waals surface area contributed by atoms with Gasteiger partial charge in [-0.15, -0.1) is 0 Å². The van der Waals surface area contributed by atoms with E-state index in [0.717, 1.165) is 18.3 Å². The van der Waals surface area contributed by atoms with Gasteiger partial charge in [0.15, 0.2) is 5.75 Å². The van der Waals surface area contributed by atoms with Gasteiger partial charge in [-0.1, -0.05) is 34.8 Å². The maximum atomic E-state index is 13.4. The van der Waals surface area contributed by atoms with Crippen LogP contribution in [0.4, 0.5) is 18.9 Å². The van der Waals surface area contributed by atoms with E-state index in [0.29, 0.717) is 30.2 Å². The number of hydrogen-bond acceptors (Lipinski definition) is 6. The molecule has 0 spiro atoms. The molecule has 1 fully saturated rings. The minimum Gasteiger partial charge on any atom is -0.417 e. The largest absolute Gasteiger partial charge is 0.491 e. The van der Waals surface area contributed by atoms with Gasteiger partial charge >= 0.3 is 12.1 Å². The molecule has 14 heteroatoms. The van der Waals surface area contributed by atoms with Crippen LogP contribution in [0.25, 0.3) is 10.9 Å². The van der Waals surface area contributed by atoms with Crippen molar-refractivity contribution in [1.82, 2.24) is 9.29 Å². The van der Waals surface area contributed by atoms with E-state index < -0.39 is 27.9 Å². The number of esters is 1. The van der Waals surface area contributed by atoms with Crippen LogP contribution in [0, 0.1) is 0 Å². The standard InChI is InChI=1S/C20H15Cl3F3N3O4S/c21-11-7-12(22)9-13(8-11)34(31,32)29-10-16(33-19(30)20(24,25)26)17-15(29)2-1-14(23)18(17)28-5-3-27-4-6-28/h1-2,7-10,27H,3-6H2. The zero-order chi connectivity index (χ0) is 24.8. The number of nitrogens with zero attached hydrogens (tertiary/aromatic N) is 2. The zero-order valence-electron chi connectivity index (χ0n) is 17.0. The van der Waals surface area contributed by atoms with Gasteiger partial charge in [-0.3, -0.25) is 0 Å². The fourth-order valence-electron chi connectivity index (χ4n) is 3.64. The molecule has 0 amide bonds. The van der Waals surface area contributed by atoms with E-state index in [1.807, 2.05) is 0 Å². The molecular weight excluding hydrogens is 542 g/mol. The monoisotopic (exact) mass is 555 g/mol. The second kappa shape index (κ2) is 9.12. The van der Waals surface area contributed by atoms with E-state index >= 15 is 0 Å². The van der Waals surface area contributed by atoms with Gasteiger partial charge in [-0.05, 0) is 30.3 Å². The summed E-state index contributed by atoms with van der Waals surface area (Å²) in [4.78, 5) is 13.1. The summed E-state index contributed by atoms with van der Waals surface area (Å²) in [5.74, 6) is -3.11. The van der Waals surface area contributed by atoms with Gasteiger partial charge < -0.3 is 15.0 Å². The number of piperazine rings is 1. The molecule has 3 aromatic rings. The Balaban J connectivity index is 1.99. The Hall–Kier alpha value is -2.18. The highest BCUT2D eigenvalue weighted by atomic mass is 35.5. The van der Waals surface area contributed by atoms with Crippen LogP contribution in [0.2, 0.25) is 15.1 Å². The molecule has 1 saturated heterocycles. The second-order valence-electron chi connectivity index (χ2n) is 7.31. The van der Waals surface area contributed by atoms with Gasteiger partial charge in [-0.25, -0.2) is 17.2 Å². The quantitative estimate of drug-likeness (QED) is 0.469. The number of anilines is 1. The minimum atomic E-state index is -5.30. The first-order chi connectivity index (χ1) is 15.9. The maximum absolute atomic E-state index is 13.4. The van der Waals surface area contributed by atoms with Crippen LogP contribution < -0.4 is 15.0 Å².